The Morgan fingerprint density at radius 3 is 2.48 bits per heavy atom. The molecule has 0 saturated carbocycles. The van der Waals surface area contributed by atoms with Crippen molar-refractivity contribution in [3.8, 4) is 11.3 Å². The highest BCUT2D eigenvalue weighted by molar-refractivity contribution is 9.10. The number of nitrogens with one attached hydrogen (secondary N) is 1. The molecule has 0 radical (unpaired) electrons. The molecule has 0 saturated heterocycles. The van der Waals surface area contributed by atoms with Crippen LogP contribution in [-0.2, 0) is 14.6 Å². The number of hydrogen-bond acceptors (Lipinski definition) is 5. The molecule has 1 aromatic heterocycles. The van der Waals surface area contributed by atoms with Gasteiger partial charge in [0, 0.05) is 28.2 Å². The van der Waals surface area contributed by atoms with Gasteiger partial charge < -0.3 is 9.84 Å². The summed E-state index contributed by atoms with van der Waals surface area (Å²) in [5, 5.41) is 6.58. The van der Waals surface area contributed by atoms with Crippen molar-refractivity contribution in [1.82, 2.24) is 5.16 Å². The summed E-state index contributed by atoms with van der Waals surface area (Å²) in [5.41, 5.74) is 3.57. The Hall–Kier alpha value is -2.45. The van der Waals surface area contributed by atoms with Gasteiger partial charge in [-0.1, -0.05) is 33.2 Å². The van der Waals surface area contributed by atoms with E-state index in [9.17, 15) is 13.2 Å². The molecule has 0 atom stereocenters. The van der Waals surface area contributed by atoms with Crippen molar-refractivity contribution >= 4 is 37.4 Å². The summed E-state index contributed by atoms with van der Waals surface area (Å²) in [6.07, 6.45) is -0.136. The van der Waals surface area contributed by atoms with E-state index in [1.165, 1.54) is 0 Å². The molecule has 1 heterocycles. The smallest absolute Gasteiger partial charge is 0.225 e. The average Bonchev–Trinajstić information content (AvgIpc) is 3.10. The molecule has 0 spiro atoms. The van der Waals surface area contributed by atoms with Crippen molar-refractivity contribution < 1.29 is 17.7 Å². The third-order valence-corrected chi connectivity index (χ3v) is 7.22. The maximum Gasteiger partial charge on any atom is 0.225 e. The molecule has 29 heavy (non-hydrogen) atoms. The SMILES string of the molecule is Cc1cc(-c2ccc(C)c(S(=O)(=O)CCC(=O)Nc3ccc(Br)c(C)c3)c2)on1. The highest BCUT2D eigenvalue weighted by Gasteiger charge is 2.20. The van der Waals surface area contributed by atoms with Gasteiger partial charge in [-0.15, -0.1) is 0 Å². The first-order chi connectivity index (χ1) is 13.7. The van der Waals surface area contributed by atoms with Gasteiger partial charge in [-0.25, -0.2) is 8.42 Å². The number of benzene rings is 2. The molecule has 0 unspecified atom stereocenters. The minimum absolute atomic E-state index is 0.136. The Morgan fingerprint density at radius 2 is 1.83 bits per heavy atom. The monoisotopic (exact) mass is 476 g/mol. The van der Waals surface area contributed by atoms with Crippen molar-refractivity contribution in [2.75, 3.05) is 11.1 Å². The fraction of sp³-hybridized carbons (Fsp3) is 0.238. The molecule has 3 aromatic rings. The van der Waals surface area contributed by atoms with Gasteiger partial charge in [0.1, 0.15) is 0 Å². The second-order valence-electron chi connectivity index (χ2n) is 6.89. The topological polar surface area (TPSA) is 89.3 Å². The number of amides is 1. The van der Waals surface area contributed by atoms with E-state index in [0.717, 1.165) is 10.0 Å². The van der Waals surface area contributed by atoms with Crippen LogP contribution in [-0.4, -0.2) is 25.2 Å². The number of aryl methyl sites for hydroxylation is 3. The van der Waals surface area contributed by atoms with Gasteiger partial charge in [0.25, 0.3) is 0 Å². The van der Waals surface area contributed by atoms with Gasteiger partial charge in [-0.3, -0.25) is 4.79 Å². The van der Waals surface area contributed by atoms with Crippen molar-refractivity contribution in [3.05, 3.63) is 63.8 Å². The molecule has 0 aliphatic rings. The zero-order valence-corrected chi connectivity index (χ0v) is 18.7. The molecular weight excluding hydrogens is 456 g/mol. The maximum absolute atomic E-state index is 12.9. The summed E-state index contributed by atoms with van der Waals surface area (Å²) in [5.74, 6) is -0.133. The second-order valence-corrected chi connectivity index (χ2v) is 9.83. The van der Waals surface area contributed by atoms with Gasteiger partial charge in [0.2, 0.25) is 5.91 Å². The van der Waals surface area contributed by atoms with Gasteiger partial charge in [0.15, 0.2) is 15.6 Å². The summed E-state index contributed by atoms with van der Waals surface area (Å²) >= 11 is 3.41. The number of sulfone groups is 1. The molecule has 0 aliphatic carbocycles. The summed E-state index contributed by atoms with van der Waals surface area (Å²) in [6.45, 7) is 5.44. The molecular formula is C21H21BrN2O4S. The van der Waals surface area contributed by atoms with Crippen LogP contribution in [0.25, 0.3) is 11.3 Å². The van der Waals surface area contributed by atoms with Gasteiger partial charge in [-0.05, 0) is 56.2 Å². The number of anilines is 1. The molecule has 1 amide bonds. The van der Waals surface area contributed by atoms with Crippen LogP contribution in [0.3, 0.4) is 0 Å². The van der Waals surface area contributed by atoms with Gasteiger partial charge in [-0.2, -0.15) is 0 Å². The van der Waals surface area contributed by atoms with Crippen molar-refractivity contribution in [2.24, 2.45) is 0 Å². The molecule has 3 rings (SSSR count). The van der Waals surface area contributed by atoms with Crippen LogP contribution in [0.2, 0.25) is 0 Å². The number of carbonyl (C=O) groups is 1. The Bertz CT molecular complexity index is 1170. The van der Waals surface area contributed by atoms with E-state index >= 15 is 0 Å². The number of carbonyl (C=O) groups excluding carboxylic acids is 1. The molecule has 0 bridgehead atoms. The predicted octanol–water partition coefficient (Wildman–Crippen LogP) is 4.83. The normalized spacial score (nSPS) is 11.4. The molecule has 2 aromatic carbocycles. The summed E-state index contributed by atoms with van der Waals surface area (Å²) in [7, 11) is -3.65. The molecule has 0 aliphatic heterocycles. The zero-order valence-electron chi connectivity index (χ0n) is 16.3. The standard InChI is InChI=1S/C21H21BrN2O4S/c1-13-4-5-16(19-11-15(3)24-28-19)12-20(13)29(26,27)9-8-21(25)23-17-6-7-18(22)14(2)10-17/h4-7,10-12H,8-9H2,1-3H3,(H,23,25). The Labute approximate surface area is 178 Å². The van der Waals surface area contributed by atoms with Crippen LogP contribution in [0.5, 0.6) is 0 Å². The molecule has 8 heteroatoms. The largest absolute Gasteiger partial charge is 0.356 e. The first kappa shape index (κ1) is 21.3. The lowest BCUT2D eigenvalue weighted by atomic mass is 10.1. The minimum Gasteiger partial charge on any atom is -0.356 e. The van der Waals surface area contributed by atoms with E-state index in [0.29, 0.717) is 28.3 Å². The zero-order chi connectivity index (χ0) is 21.2. The lowest BCUT2D eigenvalue weighted by Gasteiger charge is -2.10. The molecule has 152 valence electrons. The molecule has 6 nitrogen and oxygen atoms in total. The van der Waals surface area contributed by atoms with E-state index < -0.39 is 9.84 Å². The first-order valence-corrected chi connectivity index (χ1v) is 11.4. The highest BCUT2D eigenvalue weighted by Crippen LogP contribution is 2.27. The van der Waals surface area contributed by atoms with E-state index in [4.69, 9.17) is 4.52 Å². The van der Waals surface area contributed by atoms with Crippen LogP contribution < -0.4 is 5.32 Å². The van der Waals surface area contributed by atoms with Gasteiger partial charge >= 0.3 is 0 Å². The van der Waals surface area contributed by atoms with Crippen molar-refractivity contribution in [2.45, 2.75) is 32.1 Å². The number of hydrogen-bond donors (Lipinski definition) is 1. The molecule has 0 fully saturated rings. The van der Waals surface area contributed by atoms with Crippen LogP contribution in [0.1, 0.15) is 23.2 Å². The number of halogens is 1. The maximum atomic E-state index is 12.9. The van der Waals surface area contributed by atoms with Crippen LogP contribution in [0.4, 0.5) is 5.69 Å². The van der Waals surface area contributed by atoms with E-state index in [1.54, 1.807) is 44.2 Å². The Balaban J connectivity index is 1.73. The average molecular weight is 477 g/mol. The van der Waals surface area contributed by atoms with Crippen LogP contribution in [0.15, 0.2) is 56.4 Å². The summed E-state index contributed by atoms with van der Waals surface area (Å²) < 4.78 is 31.9. The number of aromatic nitrogens is 1. The number of nitrogens with zero attached hydrogens (tertiary/aromatic N) is 1. The predicted molar refractivity (Wildman–Crippen MR) is 116 cm³/mol. The quantitative estimate of drug-likeness (QED) is 0.549. The molecule has 1 N–H and O–H groups in total. The fourth-order valence-electron chi connectivity index (χ4n) is 2.87. The van der Waals surface area contributed by atoms with E-state index in [2.05, 4.69) is 26.4 Å². The highest BCUT2D eigenvalue weighted by atomic mass is 79.9. The summed E-state index contributed by atoms with van der Waals surface area (Å²) in [4.78, 5) is 12.4. The third-order valence-electron chi connectivity index (χ3n) is 4.48. The van der Waals surface area contributed by atoms with Crippen molar-refractivity contribution in [3.63, 3.8) is 0 Å². The first-order valence-electron chi connectivity index (χ1n) is 8.99. The second kappa shape index (κ2) is 8.51. The lowest BCUT2D eigenvalue weighted by Crippen LogP contribution is -2.18. The number of rotatable bonds is 6. The van der Waals surface area contributed by atoms with Crippen LogP contribution >= 0.6 is 15.9 Å². The fourth-order valence-corrected chi connectivity index (χ4v) is 4.66. The summed E-state index contributed by atoms with van der Waals surface area (Å²) in [6, 6.07) is 12.2. The van der Waals surface area contributed by atoms with E-state index in [1.807, 2.05) is 19.1 Å². The Kier molecular flexibility index (Phi) is 6.24. The van der Waals surface area contributed by atoms with Crippen LogP contribution in [0, 0.1) is 20.8 Å². The van der Waals surface area contributed by atoms with Crippen molar-refractivity contribution in [1.29, 1.82) is 0 Å². The van der Waals surface area contributed by atoms with E-state index in [-0.39, 0.29) is 23.0 Å². The minimum atomic E-state index is -3.65. The lowest BCUT2D eigenvalue weighted by molar-refractivity contribution is -0.115. The third kappa shape index (κ3) is 5.13. The van der Waals surface area contributed by atoms with Gasteiger partial charge in [0.05, 0.1) is 16.3 Å². The Morgan fingerprint density at radius 1 is 1.07 bits per heavy atom.